The van der Waals surface area contributed by atoms with Gasteiger partial charge in [0.05, 0.1) is 5.69 Å². The van der Waals surface area contributed by atoms with Gasteiger partial charge in [0.15, 0.2) is 5.13 Å². The molecule has 3 heterocycles. The van der Waals surface area contributed by atoms with Gasteiger partial charge in [-0.25, -0.2) is 4.98 Å². The molecule has 154 valence electrons. The van der Waals surface area contributed by atoms with Crippen LogP contribution in [-0.2, 0) is 6.42 Å². The molecule has 2 bridgehead atoms. The minimum atomic E-state index is 0.137. The average molecular weight is 411 g/mol. The summed E-state index contributed by atoms with van der Waals surface area (Å²) in [7, 11) is 0. The molecule has 0 spiro atoms. The number of thiazole rings is 1. The Morgan fingerprint density at radius 2 is 2.07 bits per heavy atom. The summed E-state index contributed by atoms with van der Waals surface area (Å²) in [4.78, 5) is 21.1. The zero-order valence-corrected chi connectivity index (χ0v) is 18.0. The van der Waals surface area contributed by atoms with Crippen molar-refractivity contribution in [1.29, 1.82) is 0 Å². The second kappa shape index (κ2) is 7.10. The van der Waals surface area contributed by atoms with E-state index >= 15 is 0 Å². The van der Waals surface area contributed by atoms with Crippen LogP contribution in [0.2, 0.25) is 0 Å². The van der Waals surface area contributed by atoms with Gasteiger partial charge in [-0.2, -0.15) is 0 Å². The van der Waals surface area contributed by atoms with E-state index in [1.165, 1.54) is 36.2 Å². The normalized spacial score (nSPS) is 33.5. The van der Waals surface area contributed by atoms with Gasteiger partial charge in [-0.15, -0.1) is 0 Å². The SMILES string of the molecule is Cc1nc(N)sc1C(=O)N1[C@H]2CCCC[C@H]3N[C@H](Cc4ccccc4)[C@@H]1C[C@@]23C. The summed E-state index contributed by atoms with van der Waals surface area (Å²) >= 11 is 1.34. The molecule has 0 radical (unpaired) electrons. The van der Waals surface area contributed by atoms with Gasteiger partial charge < -0.3 is 16.0 Å². The third kappa shape index (κ3) is 3.08. The summed E-state index contributed by atoms with van der Waals surface area (Å²) in [6.45, 7) is 4.31. The zero-order valence-electron chi connectivity index (χ0n) is 17.2. The molecule has 3 aliphatic rings. The van der Waals surface area contributed by atoms with Crippen molar-refractivity contribution >= 4 is 22.4 Å². The zero-order chi connectivity index (χ0) is 20.2. The van der Waals surface area contributed by atoms with E-state index in [1.807, 2.05) is 6.92 Å². The first-order valence-electron chi connectivity index (χ1n) is 10.8. The first kappa shape index (κ1) is 19.1. The number of hydrogen-bond donors (Lipinski definition) is 2. The molecule has 1 aromatic heterocycles. The number of amides is 1. The number of carbonyl (C=O) groups is 1. The van der Waals surface area contributed by atoms with E-state index in [0.717, 1.165) is 29.8 Å². The lowest BCUT2D eigenvalue weighted by Gasteiger charge is -2.43. The van der Waals surface area contributed by atoms with Crippen molar-refractivity contribution in [3.05, 3.63) is 46.5 Å². The van der Waals surface area contributed by atoms with Gasteiger partial charge in [0.1, 0.15) is 4.88 Å². The monoisotopic (exact) mass is 410 g/mol. The van der Waals surface area contributed by atoms with Gasteiger partial charge in [-0.3, -0.25) is 4.79 Å². The molecule has 2 aromatic rings. The lowest BCUT2D eigenvalue weighted by molar-refractivity contribution is 0.0616. The fourth-order valence-electron chi connectivity index (χ4n) is 6.16. The van der Waals surface area contributed by atoms with Crippen molar-refractivity contribution in [2.24, 2.45) is 5.41 Å². The molecule has 6 heteroatoms. The molecule has 2 aliphatic heterocycles. The quantitative estimate of drug-likeness (QED) is 0.808. The number of rotatable bonds is 3. The van der Waals surface area contributed by atoms with Crippen LogP contribution in [0, 0.1) is 12.3 Å². The topological polar surface area (TPSA) is 71.2 Å². The Morgan fingerprint density at radius 3 is 2.79 bits per heavy atom. The predicted molar refractivity (Wildman–Crippen MR) is 117 cm³/mol. The Hall–Kier alpha value is -1.92. The van der Waals surface area contributed by atoms with Crippen LogP contribution in [-0.4, -0.2) is 40.0 Å². The molecule has 1 aromatic carbocycles. The molecule has 1 saturated carbocycles. The Bertz CT molecular complexity index is 913. The fourth-order valence-corrected chi connectivity index (χ4v) is 6.94. The van der Waals surface area contributed by atoms with Gasteiger partial charge in [-0.1, -0.05) is 61.4 Å². The summed E-state index contributed by atoms with van der Waals surface area (Å²) in [5.41, 5.74) is 8.17. The molecule has 3 N–H and O–H groups in total. The number of hydrogen-bond acceptors (Lipinski definition) is 5. The molecular formula is C23H30N4OS. The number of likely N-dealkylation sites (tertiary alicyclic amines) is 1. The van der Waals surface area contributed by atoms with Crippen molar-refractivity contribution in [3.63, 3.8) is 0 Å². The predicted octanol–water partition coefficient (Wildman–Crippen LogP) is 3.78. The standard InChI is InChI=1S/C23H30N4OS/c1-14-20(29-22(24)25-14)21(28)27-17-13-23(2)18(10-6-7-11-19(23)27)26-16(17)12-15-8-4-3-5-9-15/h3-5,8-9,16-19,26H,6-7,10-13H2,1-2H3,(H2,24,25)/t16-,17+,18-,19+,23-/m1/s1. The van der Waals surface area contributed by atoms with Gasteiger partial charge in [0.2, 0.25) is 0 Å². The van der Waals surface area contributed by atoms with E-state index < -0.39 is 0 Å². The van der Waals surface area contributed by atoms with E-state index in [1.54, 1.807) is 0 Å². The lowest BCUT2D eigenvalue weighted by Crippen LogP contribution is -2.57. The summed E-state index contributed by atoms with van der Waals surface area (Å²) in [6.07, 6.45) is 6.79. The van der Waals surface area contributed by atoms with Crippen molar-refractivity contribution in [2.75, 3.05) is 5.73 Å². The van der Waals surface area contributed by atoms with E-state index in [9.17, 15) is 4.79 Å². The maximum Gasteiger partial charge on any atom is 0.266 e. The molecule has 5 atom stereocenters. The largest absolute Gasteiger partial charge is 0.375 e. The Morgan fingerprint density at radius 1 is 1.31 bits per heavy atom. The van der Waals surface area contributed by atoms with Crippen LogP contribution >= 0.6 is 11.3 Å². The minimum Gasteiger partial charge on any atom is -0.375 e. The molecule has 5 rings (SSSR count). The molecule has 3 fully saturated rings. The number of piperidine rings is 1. The number of aryl methyl sites for hydroxylation is 1. The van der Waals surface area contributed by atoms with Crippen molar-refractivity contribution in [2.45, 2.75) is 76.5 Å². The Balaban J connectivity index is 1.53. The number of nitrogen functional groups attached to an aromatic ring is 1. The molecule has 1 aliphatic carbocycles. The number of carbonyl (C=O) groups excluding carboxylic acids is 1. The van der Waals surface area contributed by atoms with Crippen LogP contribution in [0.15, 0.2) is 30.3 Å². The highest BCUT2D eigenvalue weighted by Gasteiger charge is 2.60. The number of nitrogens with two attached hydrogens (primary N) is 1. The highest BCUT2D eigenvalue weighted by molar-refractivity contribution is 7.17. The third-order valence-electron chi connectivity index (χ3n) is 7.54. The second-order valence-electron chi connectivity index (χ2n) is 9.27. The number of nitrogens with zero attached hydrogens (tertiary/aromatic N) is 2. The van der Waals surface area contributed by atoms with Gasteiger partial charge in [0.25, 0.3) is 5.91 Å². The second-order valence-corrected chi connectivity index (χ2v) is 10.3. The fraction of sp³-hybridized carbons (Fsp3) is 0.565. The highest BCUT2D eigenvalue weighted by Crippen LogP contribution is 2.53. The van der Waals surface area contributed by atoms with Crippen LogP contribution < -0.4 is 11.1 Å². The van der Waals surface area contributed by atoms with Crippen LogP contribution in [0.4, 0.5) is 5.13 Å². The maximum absolute atomic E-state index is 13.8. The first-order valence-corrected chi connectivity index (χ1v) is 11.6. The minimum absolute atomic E-state index is 0.137. The van der Waals surface area contributed by atoms with Crippen LogP contribution in [0.1, 0.15) is 60.0 Å². The molecule has 5 nitrogen and oxygen atoms in total. The lowest BCUT2D eigenvalue weighted by atomic mass is 9.70. The van der Waals surface area contributed by atoms with Crippen molar-refractivity contribution in [1.82, 2.24) is 15.2 Å². The van der Waals surface area contributed by atoms with Crippen LogP contribution in [0.25, 0.3) is 0 Å². The Kier molecular flexibility index (Phi) is 4.67. The number of fused-ring (bicyclic) bond motifs is 1. The van der Waals surface area contributed by atoms with Crippen molar-refractivity contribution < 1.29 is 4.79 Å². The van der Waals surface area contributed by atoms with E-state index in [2.05, 4.69) is 52.5 Å². The number of anilines is 1. The molecule has 0 unspecified atom stereocenters. The van der Waals surface area contributed by atoms with Crippen molar-refractivity contribution in [3.8, 4) is 0 Å². The molecule has 1 amide bonds. The first-order chi connectivity index (χ1) is 14.0. The van der Waals surface area contributed by atoms with E-state index in [4.69, 9.17) is 5.73 Å². The summed E-state index contributed by atoms with van der Waals surface area (Å²) in [6, 6.07) is 11.9. The molecule has 29 heavy (non-hydrogen) atoms. The summed E-state index contributed by atoms with van der Waals surface area (Å²) in [5, 5.41) is 4.48. The Labute approximate surface area is 176 Å². The van der Waals surface area contributed by atoms with E-state index in [-0.39, 0.29) is 23.4 Å². The summed E-state index contributed by atoms with van der Waals surface area (Å²) in [5.74, 6) is 0.137. The average Bonchev–Trinajstić information content (AvgIpc) is 3.11. The van der Waals surface area contributed by atoms with Crippen LogP contribution in [0.5, 0.6) is 0 Å². The van der Waals surface area contributed by atoms with Gasteiger partial charge in [-0.05, 0) is 38.2 Å². The smallest absolute Gasteiger partial charge is 0.266 e. The van der Waals surface area contributed by atoms with Crippen LogP contribution in [0.3, 0.4) is 0 Å². The van der Waals surface area contributed by atoms with Gasteiger partial charge in [0, 0.05) is 29.6 Å². The highest BCUT2D eigenvalue weighted by atomic mass is 32.1. The van der Waals surface area contributed by atoms with Gasteiger partial charge >= 0.3 is 0 Å². The molecular weight excluding hydrogens is 380 g/mol. The summed E-state index contributed by atoms with van der Waals surface area (Å²) < 4.78 is 0. The third-order valence-corrected chi connectivity index (χ3v) is 8.51. The molecule has 2 saturated heterocycles. The maximum atomic E-state index is 13.8. The number of nitrogens with one attached hydrogen (secondary N) is 1. The number of benzene rings is 1. The van der Waals surface area contributed by atoms with E-state index in [0.29, 0.717) is 17.2 Å². The number of aromatic nitrogens is 1.